The number of fused-ring (bicyclic) bond motifs is 1. The third kappa shape index (κ3) is 3.41. The first-order valence-corrected chi connectivity index (χ1v) is 7.40. The molecule has 2 rings (SSSR count). The van der Waals surface area contributed by atoms with Crippen LogP contribution in [0.5, 0.6) is 0 Å². The van der Waals surface area contributed by atoms with Crippen molar-refractivity contribution in [3.8, 4) is 0 Å². The molecule has 0 aliphatic rings. The van der Waals surface area contributed by atoms with E-state index in [0.717, 1.165) is 26.1 Å². The van der Waals surface area contributed by atoms with E-state index in [1.54, 1.807) is 7.11 Å². The zero-order valence-electron chi connectivity index (χ0n) is 13.1. The van der Waals surface area contributed by atoms with E-state index >= 15 is 0 Å². The summed E-state index contributed by atoms with van der Waals surface area (Å²) in [6.45, 7) is 9.31. The Morgan fingerprint density at radius 3 is 2.75 bits per heavy atom. The number of para-hydroxylation sites is 1. The first-order chi connectivity index (χ1) is 9.57. The second-order valence-electron chi connectivity index (χ2n) is 5.86. The Morgan fingerprint density at radius 2 is 2.05 bits per heavy atom. The van der Waals surface area contributed by atoms with Gasteiger partial charge in [0.25, 0.3) is 0 Å². The highest BCUT2D eigenvalue weighted by Gasteiger charge is 2.16. The maximum atomic E-state index is 5.52. The molecule has 0 fully saturated rings. The molecule has 0 unspecified atom stereocenters. The fourth-order valence-corrected chi connectivity index (χ4v) is 2.42. The molecule has 1 aromatic heterocycles. The van der Waals surface area contributed by atoms with Gasteiger partial charge >= 0.3 is 0 Å². The molecule has 20 heavy (non-hydrogen) atoms. The van der Waals surface area contributed by atoms with Gasteiger partial charge in [-0.1, -0.05) is 25.1 Å². The van der Waals surface area contributed by atoms with E-state index < -0.39 is 0 Å². The Labute approximate surface area is 121 Å². The molecular weight excluding hydrogens is 248 g/mol. The number of hydrogen-bond donors (Lipinski definition) is 1. The second kappa shape index (κ2) is 6.42. The average Bonchev–Trinajstić information content (AvgIpc) is 2.87. The molecule has 0 aliphatic carbocycles. The highest BCUT2D eigenvalue weighted by molar-refractivity contribution is 5.83. The number of benzene rings is 1. The van der Waals surface area contributed by atoms with E-state index in [2.05, 4.69) is 61.1 Å². The summed E-state index contributed by atoms with van der Waals surface area (Å²) in [7, 11) is 1.78. The van der Waals surface area contributed by atoms with E-state index in [4.69, 9.17) is 4.74 Å². The number of hydrogen-bond acceptors (Lipinski definition) is 2. The van der Waals surface area contributed by atoms with Crippen molar-refractivity contribution in [2.75, 3.05) is 13.7 Å². The van der Waals surface area contributed by atoms with Crippen LogP contribution < -0.4 is 5.32 Å². The van der Waals surface area contributed by atoms with Gasteiger partial charge in [0.05, 0.1) is 11.1 Å². The summed E-state index contributed by atoms with van der Waals surface area (Å²) in [5.41, 5.74) is 2.64. The number of ether oxygens (including phenoxy) is 1. The number of rotatable bonds is 7. The lowest BCUT2D eigenvalue weighted by molar-refractivity contribution is 0.0123. The summed E-state index contributed by atoms with van der Waals surface area (Å²) in [5.74, 6) is 0. The molecule has 1 N–H and O–H groups in total. The van der Waals surface area contributed by atoms with Crippen molar-refractivity contribution < 1.29 is 4.74 Å². The number of nitrogens with zero attached hydrogens (tertiary/aromatic N) is 1. The zero-order chi connectivity index (χ0) is 14.6. The van der Waals surface area contributed by atoms with Crippen LogP contribution in [0.3, 0.4) is 0 Å². The topological polar surface area (TPSA) is 26.2 Å². The van der Waals surface area contributed by atoms with Gasteiger partial charge in [0, 0.05) is 26.4 Å². The lowest BCUT2D eigenvalue weighted by Gasteiger charge is -2.23. The van der Waals surface area contributed by atoms with E-state index in [1.165, 1.54) is 16.5 Å². The summed E-state index contributed by atoms with van der Waals surface area (Å²) >= 11 is 0. The van der Waals surface area contributed by atoms with Crippen LogP contribution in [-0.2, 0) is 17.8 Å². The summed E-state index contributed by atoms with van der Waals surface area (Å²) in [5, 5.41) is 4.73. The highest BCUT2D eigenvalue weighted by Crippen LogP contribution is 2.23. The quantitative estimate of drug-likeness (QED) is 0.835. The van der Waals surface area contributed by atoms with Crippen molar-refractivity contribution in [2.24, 2.45) is 0 Å². The maximum Gasteiger partial charge on any atom is 0.0639 e. The number of aryl methyl sites for hydroxylation is 1. The van der Waals surface area contributed by atoms with Crippen LogP contribution in [0.25, 0.3) is 10.9 Å². The second-order valence-corrected chi connectivity index (χ2v) is 5.86. The third-order valence-corrected chi connectivity index (χ3v) is 3.94. The molecule has 2 aromatic rings. The van der Waals surface area contributed by atoms with Crippen molar-refractivity contribution in [1.82, 2.24) is 9.88 Å². The molecule has 110 valence electrons. The van der Waals surface area contributed by atoms with Gasteiger partial charge in [-0.3, -0.25) is 0 Å². The number of aromatic nitrogens is 1. The molecule has 0 aliphatic heterocycles. The van der Waals surface area contributed by atoms with Crippen molar-refractivity contribution in [2.45, 2.75) is 45.9 Å². The lowest BCUT2D eigenvalue weighted by Crippen LogP contribution is -2.24. The summed E-state index contributed by atoms with van der Waals surface area (Å²) in [4.78, 5) is 0. The number of nitrogens with one attached hydrogen (secondary N) is 1. The largest absolute Gasteiger partial charge is 0.379 e. The first-order valence-electron chi connectivity index (χ1n) is 7.40. The van der Waals surface area contributed by atoms with Crippen LogP contribution in [0.15, 0.2) is 30.5 Å². The minimum Gasteiger partial charge on any atom is -0.379 e. The van der Waals surface area contributed by atoms with Crippen LogP contribution >= 0.6 is 0 Å². The lowest BCUT2D eigenvalue weighted by atomic mass is 10.1. The van der Waals surface area contributed by atoms with Gasteiger partial charge < -0.3 is 14.6 Å². The molecule has 0 amide bonds. The summed E-state index contributed by atoms with van der Waals surface area (Å²) in [6.07, 6.45) is 3.19. The van der Waals surface area contributed by atoms with Gasteiger partial charge in [0.15, 0.2) is 0 Å². The van der Waals surface area contributed by atoms with Gasteiger partial charge in [-0.15, -0.1) is 0 Å². The minimum atomic E-state index is -0.0762. The van der Waals surface area contributed by atoms with Crippen LogP contribution in [0, 0.1) is 0 Å². The van der Waals surface area contributed by atoms with Gasteiger partial charge in [0.1, 0.15) is 0 Å². The van der Waals surface area contributed by atoms with Crippen LogP contribution in [0.1, 0.15) is 32.8 Å². The molecule has 1 aromatic carbocycles. The predicted octanol–water partition coefficient (Wildman–Crippen LogP) is 3.57. The van der Waals surface area contributed by atoms with Gasteiger partial charge in [-0.05, 0) is 43.8 Å². The van der Waals surface area contributed by atoms with Gasteiger partial charge in [-0.25, -0.2) is 0 Å². The summed E-state index contributed by atoms with van der Waals surface area (Å²) < 4.78 is 7.87. The first kappa shape index (κ1) is 15.1. The molecule has 0 saturated heterocycles. The maximum absolute atomic E-state index is 5.52. The Morgan fingerprint density at radius 1 is 1.25 bits per heavy atom. The molecule has 3 nitrogen and oxygen atoms in total. The SMILES string of the molecule is CCNCc1cccc2ccn(CCC(C)(C)OC)c12. The van der Waals surface area contributed by atoms with E-state index in [9.17, 15) is 0 Å². The standard InChI is InChI=1S/C17H26N2O/c1-5-18-13-15-8-6-7-14-9-11-19(16(14)15)12-10-17(2,3)20-4/h6-9,11,18H,5,10,12-13H2,1-4H3. The Kier molecular flexibility index (Phi) is 4.84. The van der Waals surface area contributed by atoms with Crippen LogP contribution in [0.4, 0.5) is 0 Å². The van der Waals surface area contributed by atoms with Crippen LogP contribution in [-0.4, -0.2) is 23.8 Å². The van der Waals surface area contributed by atoms with Gasteiger partial charge in [0.2, 0.25) is 0 Å². The molecule has 0 spiro atoms. The molecular formula is C17H26N2O. The minimum absolute atomic E-state index is 0.0762. The highest BCUT2D eigenvalue weighted by atomic mass is 16.5. The Balaban J connectivity index is 2.25. The fourth-order valence-electron chi connectivity index (χ4n) is 2.42. The van der Waals surface area contributed by atoms with Gasteiger partial charge in [-0.2, -0.15) is 0 Å². The Hall–Kier alpha value is -1.32. The summed E-state index contributed by atoms with van der Waals surface area (Å²) in [6, 6.07) is 8.73. The van der Waals surface area contributed by atoms with E-state index in [0.29, 0.717) is 0 Å². The fraction of sp³-hybridized carbons (Fsp3) is 0.529. The number of methoxy groups -OCH3 is 1. The van der Waals surface area contributed by atoms with Crippen molar-refractivity contribution >= 4 is 10.9 Å². The normalized spacial score (nSPS) is 12.2. The van der Waals surface area contributed by atoms with E-state index in [-0.39, 0.29) is 5.60 Å². The molecule has 3 heteroatoms. The molecule has 0 radical (unpaired) electrons. The average molecular weight is 274 g/mol. The third-order valence-electron chi connectivity index (χ3n) is 3.94. The predicted molar refractivity (Wildman–Crippen MR) is 85.0 cm³/mol. The monoisotopic (exact) mass is 274 g/mol. The molecule has 0 bridgehead atoms. The zero-order valence-corrected chi connectivity index (χ0v) is 13.1. The van der Waals surface area contributed by atoms with Crippen molar-refractivity contribution in [1.29, 1.82) is 0 Å². The molecule has 1 heterocycles. The van der Waals surface area contributed by atoms with E-state index in [1.807, 2.05) is 0 Å². The Bertz CT molecular complexity index is 557. The smallest absolute Gasteiger partial charge is 0.0639 e. The molecule has 0 saturated carbocycles. The molecule has 0 atom stereocenters. The van der Waals surface area contributed by atoms with Crippen LogP contribution in [0.2, 0.25) is 0 Å². The van der Waals surface area contributed by atoms with Crippen molar-refractivity contribution in [3.63, 3.8) is 0 Å². The van der Waals surface area contributed by atoms with Crippen molar-refractivity contribution in [3.05, 3.63) is 36.0 Å².